The summed E-state index contributed by atoms with van der Waals surface area (Å²) in [6.07, 6.45) is 1.54. The number of para-hydroxylation sites is 1. The molecule has 0 unspecified atom stereocenters. The molecule has 0 N–H and O–H groups in total. The van der Waals surface area contributed by atoms with Gasteiger partial charge in [0.15, 0.2) is 0 Å². The van der Waals surface area contributed by atoms with Crippen molar-refractivity contribution in [3.05, 3.63) is 59.4 Å². The number of amides is 1. The van der Waals surface area contributed by atoms with Gasteiger partial charge in [-0.05, 0) is 24.3 Å². The van der Waals surface area contributed by atoms with E-state index in [0.29, 0.717) is 10.7 Å². The van der Waals surface area contributed by atoms with Crippen LogP contribution in [0.25, 0.3) is 0 Å². The molecule has 4 nitrogen and oxygen atoms in total. The molecular weight excluding hydrogens is 286 g/mol. The zero-order valence-corrected chi connectivity index (χ0v) is 12.3. The molecule has 0 bridgehead atoms. The van der Waals surface area contributed by atoms with Crippen LogP contribution in [0.4, 0.5) is 5.69 Å². The highest BCUT2D eigenvalue weighted by Gasteiger charge is 2.22. The SMILES string of the molecule is O=C(c1ccc(Cl)nc1)N1CCN(c2ccccc2)CC1. The molecule has 1 aliphatic rings. The molecule has 1 saturated heterocycles. The van der Waals surface area contributed by atoms with E-state index in [2.05, 4.69) is 22.0 Å². The second-order valence-electron chi connectivity index (χ2n) is 4.98. The van der Waals surface area contributed by atoms with Gasteiger partial charge >= 0.3 is 0 Å². The van der Waals surface area contributed by atoms with Crippen molar-refractivity contribution in [3.63, 3.8) is 0 Å². The van der Waals surface area contributed by atoms with Crippen LogP contribution in [0.2, 0.25) is 5.15 Å². The first kappa shape index (κ1) is 13.9. The Bertz CT molecular complexity index is 607. The van der Waals surface area contributed by atoms with Crippen LogP contribution in [0.15, 0.2) is 48.7 Å². The molecule has 1 aliphatic heterocycles. The molecule has 5 heteroatoms. The molecule has 0 radical (unpaired) electrons. The van der Waals surface area contributed by atoms with Crippen molar-refractivity contribution in [1.29, 1.82) is 0 Å². The van der Waals surface area contributed by atoms with E-state index in [-0.39, 0.29) is 5.91 Å². The van der Waals surface area contributed by atoms with E-state index in [1.165, 1.54) is 11.9 Å². The monoisotopic (exact) mass is 301 g/mol. The lowest BCUT2D eigenvalue weighted by atomic mass is 10.2. The number of aromatic nitrogens is 1. The minimum atomic E-state index is 0.0203. The maximum absolute atomic E-state index is 12.4. The lowest BCUT2D eigenvalue weighted by Gasteiger charge is -2.36. The summed E-state index contributed by atoms with van der Waals surface area (Å²) in [4.78, 5) is 20.5. The van der Waals surface area contributed by atoms with Gasteiger partial charge in [-0.3, -0.25) is 4.79 Å². The summed E-state index contributed by atoms with van der Waals surface area (Å²) < 4.78 is 0. The number of hydrogen-bond donors (Lipinski definition) is 0. The van der Waals surface area contributed by atoms with E-state index in [4.69, 9.17) is 11.6 Å². The molecule has 0 atom stereocenters. The minimum Gasteiger partial charge on any atom is -0.368 e. The molecule has 0 aliphatic carbocycles. The third-order valence-corrected chi connectivity index (χ3v) is 3.89. The number of piperazine rings is 1. The van der Waals surface area contributed by atoms with Gasteiger partial charge in [0.25, 0.3) is 5.91 Å². The van der Waals surface area contributed by atoms with Crippen LogP contribution in [0.1, 0.15) is 10.4 Å². The van der Waals surface area contributed by atoms with Gasteiger partial charge in [0, 0.05) is 38.1 Å². The van der Waals surface area contributed by atoms with Gasteiger partial charge in [-0.25, -0.2) is 4.98 Å². The molecule has 0 saturated carbocycles. The summed E-state index contributed by atoms with van der Waals surface area (Å²) in [5.41, 5.74) is 1.80. The highest BCUT2D eigenvalue weighted by Crippen LogP contribution is 2.17. The van der Waals surface area contributed by atoms with E-state index in [1.807, 2.05) is 23.1 Å². The van der Waals surface area contributed by atoms with E-state index < -0.39 is 0 Å². The number of rotatable bonds is 2. The van der Waals surface area contributed by atoms with Gasteiger partial charge in [-0.1, -0.05) is 29.8 Å². The van der Waals surface area contributed by atoms with Crippen LogP contribution in [0.5, 0.6) is 0 Å². The molecule has 0 spiro atoms. The van der Waals surface area contributed by atoms with Gasteiger partial charge < -0.3 is 9.80 Å². The molecule has 21 heavy (non-hydrogen) atoms. The Morgan fingerprint density at radius 1 is 1.00 bits per heavy atom. The number of carbonyl (C=O) groups excluding carboxylic acids is 1. The number of benzene rings is 1. The number of halogens is 1. The van der Waals surface area contributed by atoms with E-state index in [9.17, 15) is 4.79 Å². The largest absolute Gasteiger partial charge is 0.368 e. The van der Waals surface area contributed by atoms with E-state index in [0.717, 1.165) is 26.2 Å². The predicted molar refractivity (Wildman–Crippen MR) is 83.8 cm³/mol. The molecular formula is C16H16ClN3O. The summed E-state index contributed by atoms with van der Waals surface area (Å²) in [7, 11) is 0. The molecule has 108 valence electrons. The Morgan fingerprint density at radius 2 is 1.71 bits per heavy atom. The average molecular weight is 302 g/mol. The Balaban J connectivity index is 1.63. The second-order valence-corrected chi connectivity index (χ2v) is 5.37. The molecule has 1 aromatic heterocycles. The third-order valence-electron chi connectivity index (χ3n) is 3.66. The molecule has 2 heterocycles. The highest BCUT2D eigenvalue weighted by atomic mass is 35.5. The Morgan fingerprint density at radius 3 is 2.33 bits per heavy atom. The smallest absolute Gasteiger partial charge is 0.255 e. The van der Waals surface area contributed by atoms with Gasteiger partial charge in [-0.2, -0.15) is 0 Å². The summed E-state index contributed by atoms with van der Waals surface area (Å²) in [6.45, 7) is 3.13. The summed E-state index contributed by atoms with van der Waals surface area (Å²) in [6, 6.07) is 13.6. The third kappa shape index (κ3) is 3.16. The van der Waals surface area contributed by atoms with Crippen LogP contribution in [-0.4, -0.2) is 42.0 Å². The standard InChI is InChI=1S/C16H16ClN3O/c17-15-7-6-13(12-18-15)16(21)20-10-8-19(9-11-20)14-4-2-1-3-5-14/h1-7,12H,8-11H2. The minimum absolute atomic E-state index is 0.0203. The van der Waals surface area contributed by atoms with Gasteiger partial charge in [-0.15, -0.1) is 0 Å². The fraction of sp³-hybridized carbons (Fsp3) is 0.250. The fourth-order valence-corrected chi connectivity index (χ4v) is 2.60. The quantitative estimate of drug-likeness (QED) is 0.800. The second kappa shape index (κ2) is 6.14. The maximum Gasteiger partial charge on any atom is 0.255 e. The Hall–Kier alpha value is -2.07. The number of nitrogens with zero attached hydrogens (tertiary/aromatic N) is 3. The first-order valence-corrected chi connectivity index (χ1v) is 7.33. The van der Waals surface area contributed by atoms with Crippen LogP contribution >= 0.6 is 11.6 Å². The van der Waals surface area contributed by atoms with E-state index in [1.54, 1.807) is 12.1 Å². The molecule has 2 aromatic rings. The number of carbonyl (C=O) groups is 1. The lowest BCUT2D eigenvalue weighted by molar-refractivity contribution is 0.0746. The van der Waals surface area contributed by atoms with Crippen LogP contribution in [0.3, 0.4) is 0 Å². The Labute approximate surface area is 129 Å². The van der Waals surface area contributed by atoms with Gasteiger partial charge in [0.1, 0.15) is 5.15 Å². The van der Waals surface area contributed by atoms with Crippen molar-refractivity contribution >= 4 is 23.2 Å². The number of pyridine rings is 1. The number of anilines is 1. The van der Waals surface area contributed by atoms with Crippen LogP contribution in [-0.2, 0) is 0 Å². The summed E-state index contributed by atoms with van der Waals surface area (Å²) in [5.74, 6) is 0.0203. The predicted octanol–water partition coefficient (Wildman–Crippen LogP) is 2.70. The zero-order valence-electron chi connectivity index (χ0n) is 11.6. The fourth-order valence-electron chi connectivity index (χ4n) is 2.49. The molecule has 1 fully saturated rings. The van der Waals surface area contributed by atoms with Gasteiger partial charge in [0.05, 0.1) is 5.56 Å². The van der Waals surface area contributed by atoms with Crippen molar-refractivity contribution in [1.82, 2.24) is 9.88 Å². The normalized spacial score (nSPS) is 15.1. The van der Waals surface area contributed by atoms with E-state index >= 15 is 0 Å². The topological polar surface area (TPSA) is 36.4 Å². The zero-order chi connectivity index (χ0) is 14.7. The van der Waals surface area contributed by atoms with Crippen LogP contribution in [0, 0.1) is 0 Å². The summed E-state index contributed by atoms with van der Waals surface area (Å²) >= 11 is 5.75. The maximum atomic E-state index is 12.4. The average Bonchev–Trinajstić information content (AvgIpc) is 2.56. The van der Waals surface area contributed by atoms with Crippen molar-refractivity contribution in [3.8, 4) is 0 Å². The first-order valence-electron chi connectivity index (χ1n) is 6.95. The van der Waals surface area contributed by atoms with Crippen molar-refractivity contribution < 1.29 is 4.79 Å². The lowest BCUT2D eigenvalue weighted by Crippen LogP contribution is -2.48. The van der Waals surface area contributed by atoms with Crippen molar-refractivity contribution in [2.24, 2.45) is 0 Å². The molecule has 3 rings (SSSR count). The van der Waals surface area contributed by atoms with Crippen molar-refractivity contribution in [2.45, 2.75) is 0 Å². The highest BCUT2D eigenvalue weighted by molar-refractivity contribution is 6.29. The summed E-state index contributed by atoms with van der Waals surface area (Å²) in [5, 5.41) is 0.403. The number of hydrogen-bond acceptors (Lipinski definition) is 3. The first-order chi connectivity index (χ1) is 10.2. The molecule has 1 amide bonds. The Kier molecular flexibility index (Phi) is 4.06. The van der Waals surface area contributed by atoms with Crippen LogP contribution < -0.4 is 4.90 Å². The van der Waals surface area contributed by atoms with Gasteiger partial charge in [0.2, 0.25) is 0 Å². The van der Waals surface area contributed by atoms with Crippen molar-refractivity contribution in [2.75, 3.05) is 31.1 Å². The molecule has 1 aromatic carbocycles.